The standard InChI is InChI=1S/C14H19N3O2/c1-14(2,19)8-9-17-11-7-5-4-6-10(11)16-12(15-3)13(17)18/h4-7,19H,8-9H2,1-3H3,(H,15,16). The first-order valence-electron chi connectivity index (χ1n) is 6.32. The summed E-state index contributed by atoms with van der Waals surface area (Å²) in [7, 11) is 1.68. The maximum atomic E-state index is 12.3. The normalized spacial score (nSPS) is 11.8. The van der Waals surface area contributed by atoms with Gasteiger partial charge in [-0.05, 0) is 32.4 Å². The second kappa shape index (κ2) is 5.01. The molecule has 1 aromatic carbocycles. The van der Waals surface area contributed by atoms with Crippen molar-refractivity contribution in [1.82, 2.24) is 9.55 Å². The van der Waals surface area contributed by atoms with E-state index in [0.717, 1.165) is 11.0 Å². The summed E-state index contributed by atoms with van der Waals surface area (Å²) in [5.74, 6) is 0.328. The number of hydrogen-bond donors (Lipinski definition) is 2. The summed E-state index contributed by atoms with van der Waals surface area (Å²) >= 11 is 0. The fourth-order valence-corrected chi connectivity index (χ4v) is 1.96. The summed E-state index contributed by atoms with van der Waals surface area (Å²) < 4.78 is 1.66. The SMILES string of the molecule is CNc1nc2ccccc2n(CCC(C)(C)O)c1=O. The highest BCUT2D eigenvalue weighted by molar-refractivity contribution is 5.76. The van der Waals surface area contributed by atoms with E-state index in [9.17, 15) is 9.90 Å². The molecule has 0 aliphatic rings. The van der Waals surface area contributed by atoms with Crippen LogP contribution in [0.2, 0.25) is 0 Å². The van der Waals surface area contributed by atoms with Gasteiger partial charge in [-0.1, -0.05) is 12.1 Å². The molecule has 0 saturated carbocycles. The molecule has 5 heteroatoms. The lowest BCUT2D eigenvalue weighted by Gasteiger charge is -2.19. The van der Waals surface area contributed by atoms with Gasteiger partial charge in [0.1, 0.15) is 0 Å². The first-order valence-corrected chi connectivity index (χ1v) is 6.32. The van der Waals surface area contributed by atoms with Gasteiger partial charge in [0.2, 0.25) is 0 Å². The lowest BCUT2D eigenvalue weighted by molar-refractivity contribution is 0.0663. The Bertz CT molecular complexity index is 641. The summed E-state index contributed by atoms with van der Waals surface area (Å²) in [6.45, 7) is 3.93. The number of aliphatic hydroxyl groups is 1. The fourth-order valence-electron chi connectivity index (χ4n) is 1.96. The smallest absolute Gasteiger partial charge is 0.293 e. The summed E-state index contributed by atoms with van der Waals surface area (Å²) in [4.78, 5) is 16.6. The molecule has 0 spiro atoms. The van der Waals surface area contributed by atoms with E-state index in [1.165, 1.54) is 0 Å². The van der Waals surface area contributed by atoms with E-state index in [2.05, 4.69) is 10.3 Å². The van der Waals surface area contributed by atoms with Gasteiger partial charge in [0, 0.05) is 13.6 Å². The summed E-state index contributed by atoms with van der Waals surface area (Å²) in [6, 6.07) is 7.51. The number of rotatable bonds is 4. The zero-order valence-corrected chi connectivity index (χ0v) is 11.5. The summed E-state index contributed by atoms with van der Waals surface area (Å²) in [5.41, 5.74) is 0.590. The lowest BCUT2D eigenvalue weighted by Crippen LogP contribution is -2.28. The third-order valence-electron chi connectivity index (χ3n) is 3.04. The number of nitrogens with one attached hydrogen (secondary N) is 1. The largest absolute Gasteiger partial charge is 0.390 e. The zero-order valence-electron chi connectivity index (χ0n) is 11.5. The topological polar surface area (TPSA) is 67.2 Å². The van der Waals surface area contributed by atoms with Gasteiger partial charge in [-0.25, -0.2) is 4.98 Å². The van der Waals surface area contributed by atoms with Gasteiger partial charge in [0.25, 0.3) is 5.56 Å². The van der Waals surface area contributed by atoms with Crippen LogP contribution >= 0.6 is 0 Å². The number of aryl methyl sites for hydroxylation is 1. The maximum absolute atomic E-state index is 12.3. The number of para-hydroxylation sites is 2. The minimum atomic E-state index is -0.802. The number of hydrogen-bond acceptors (Lipinski definition) is 4. The van der Waals surface area contributed by atoms with Gasteiger partial charge in [0.15, 0.2) is 5.82 Å². The zero-order chi connectivity index (χ0) is 14.0. The average Bonchev–Trinajstić information content (AvgIpc) is 2.36. The van der Waals surface area contributed by atoms with E-state index in [-0.39, 0.29) is 5.56 Å². The molecule has 2 rings (SSSR count). The van der Waals surface area contributed by atoms with Gasteiger partial charge >= 0.3 is 0 Å². The number of anilines is 1. The molecule has 102 valence electrons. The minimum absolute atomic E-state index is 0.162. The molecule has 0 bridgehead atoms. The Hall–Kier alpha value is -1.88. The van der Waals surface area contributed by atoms with E-state index in [1.54, 1.807) is 25.5 Å². The monoisotopic (exact) mass is 261 g/mol. The van der Waals surface area contributed by atoms with Gasteiger partial charge in [0.05, 0.1) is 16.6 Å². The molecule has 1 heterocycles. The molecule has 0 amide bonds. The molecule has 0 atom stereocenters. The van der Waals surface area contributed by atoms with Crippen molar-refractivity contribution in [3.8, 4) is 0 Å². The molecule has 0 unspecified atom stereocenters. The van der Waals surface area contributed by atoms with Crippen LogP contribution in [0.1, 0.15) is 20.3 Å². The van der Waals surface area contributed by atoms with Crippen LogP contribution in [0.5, 0.6) is 0 Å². The van der Waals surface area contributed by atoms with Crippen LogP contribution in [0.3, 0.4) is 0 Å². The first kappa shape index (κ1) is 13.5. The number of nitrogens with zero attached hydrogens (tertiary/aromatic N) is 2. The molecule has 5 nitrogen and oxygen atoms in total. The predicted molar refractivity (Wildman–Crippen MR) is 76.5 cm³/mol. The summed E-state index contributed by atoms with van der Waals surface area (Å²) in [6.07, 6.45) is 0.504. The van der Waals surface area contributed by atoms with E-state index >= 15 is 0 Å². The van der Waals surface area contributed by atoms with Crippen molar-refractivity contribution in [2.45, 2.75) is 32.4 Å². The molecule has 0 aliphatic carbocycles. The highest BCUT2D eigenvalue weighted by Crippen LogP contribution is 2.14. The van der Waals surface area contributed by atoms with Crippen LogP contribution < -0.4 is 10.9 Å². The predicted octanol–water partition coefficient (Wildman–Crippen LogP) is 1.60. The van der Waals surface area contributed by atoms with E-state index in [4.69, 9.17) is 0 Å². The third kappa shape index (κ3) is 2.93. The van der Waals surface area contributed by atoms with Crippen molar-refractivity contribution < 1.29 is 5.11 Å². The molecule has 0 saturated heterocycles. The van der Waals surface area contributed by atoms with Gasteiger partial charge in [-0.15, -0.1) is 0 Å². The third-order valence-corrected chi connectivity index (χ3v) is 3.04. The molecule has 19 heavy (non-hydrogen) atoms. The highest BCUT2D eigenvalue weighted by atomic mass is 16.3. The number of fused-ring (bicyclic) bond motifs is 1. The Morgan fingerprint density at radius 1 is 1.37 bits per heavy atom. The maximum Gasteiger partial charge on any atom is 0.293 e. The average molecular weight is 261 g/mol. The molecule has 2 aromatic rings. The van der Waals surface area contributed by atoms with Crippen molar-refractivity contribution in [1.29, 1.82) is 0 Å². The second-order valence-corrected chi connectivity index (χ2v) is 5.22. The van der Waals surface area contributed by atoms with Gasteiger partial charge in [-0.3, -0.25) is 4.79 Å². The Morgan fingerprint density at radius 3 is 2.68 bits per heavy atom. The Labute approximate surface area is 111 Å². The van der Waals surface area contributed by atoms with Crippen LogP contribution in [0, 0.1) is 0 Å². The Kier molecular flexibility index (Phi) is 3.57. The fraction of sp³-hybridized carbons (Fsp3) is 0.429. The van der Waals surface area contributed by atoms with E-state index < -0.39 is 5.60 Å². The quantitative estimate of drug-likeness (QED) is 0.877. The summed E-state index contributed by atoms with van der Waals surface area (Å²) in [5, 5.41) is 12.6. The van der Waals surface area contributed by atoms with Crippen LogP contribution in [0.25, 0.3) is 11.0 Å². The van der Waals surface area contributed by atoms with Gasteiger partial charge < -0.3 is 15.0 Å². The van der Waals surface area contributed by atoms with E-state index in [1.807, 2.05) is 24.3 Å². The second-order valence-electron chi connectivity index (χ2n) is 5.22. The molecule has 0 radical (unpaired) electrons. The van der Waals surface area contributed by atoms with Crippen molar-refractivity contribution >= 4 is 16.9 Å². The van der Waals surface area contributed by atoms with Crippen molar-refractivity contribution in [2.24, 2.45) is 0 Å². The number of benzene rings is 1. The number of aromatic nitrogens is 2. The van der Waals surface area contributed by atoms with Crippen LogP contribution in [-0.4, -0.2) is 27.3 Å². The van der Waals surface area contributed by atoms with E-state index in [0.29, 0.717) is 18.8 Å². The van der Waals surface area contributed by atoms with Crippen molar-refractivity contribution in [2.75, 3.05) is 12.4 Å². The molecular formula is C14H19N3O2. The minimum Gasteiger partial charge on any atom is -0.390 e. The van der Waals surface area contributed by atoms with Crippen LogP contribution in [-0.2, 0) is 6.54 Å². The highest BCUT2D eigenvalue weighted by Gasteiger charge is 2.15. The first-order chi connectivity index (χ1) is 8.92. The van der Waals surface area contributed by atoms with Crippen LogP contribution in [0.15, 0.2) is 29.1 Å². The Morgan fingerprint density at radius 2 is 2.05 bits per heavy atom. The molecule has 0 fully saturated rings. The van der Waals surface area contributed by atoms with Crippen LogP contribution in [0.4, 0.5) is 5.82 Å². The lowest BCUT2D eigenvalue weighted by atomic mass is 10.1. The van der Waals surface area contributed by atoms with Crippen molar-refractivity contribution in [3.63, 3.8) is 0 Å². The molecule has 1 aromatic heterocycles. The molecular weight excluding hydrogens is 242 g/mol. The van der Waals surface area contributed by atoms with Crippen molar-refractivity contribution in [3.05, 3.63) is 34.6 Å². The Balaban J connectivity index is 2.56. The molecule has 2 N–H and O–H groups in total. The molecule has 0 aliphatic heterocycles. The van der Waals surface area contributed by atoms with Gasteiger partial charge in [-0.2, -0.15) is 0 Å².